The Balaban J connectivity index is 1.91. The van der Waals surface area contributed by atoms with Crippen molar-refractivity contribution >= 4 is 11.9 Å². The van der Waals surface area contributed by atoms with E-state index in [0.717, 1.165) is 0 Å². The lowest BCUT2D eigenvalue weighted by atomic mass is 9.83. The number of ether oxygens (including phenoxy) is 1. The first-order valence-corrected chi connectivity index (χ1v) is 7.00. The zero-order valence-corrected chi connectivity index (χ0v) is 12.0. The van der Waals surface area contributed by atoms with E-state index in [4.69, 9.17) is 9.84 Å². The Kier molecular flexibility index (Phi) is 3.85. The van der Waals surface area contributed by atoms with E-state index in [1.54, 1.807) is 11.8 Å². The topological polar surface area (TPSA) is 66.8 Å². The molecule has 2 saturated heterocycles. The molecule has 2 heterocycles. The molecule has 5 heteroatoms. The number of nitrogens with zero attached hydrogens (tertiary/aromatic N) is 1. The van der Waals surface area contributed by atoms with E-state index in [0.29, 0.717) is 13.1 Å². The van der Waals surface area contributed by atoms with Crippen molar-refractivity contribution < 1.29 is 19.4 Å². The molecule has 2 aliphatic heterocycles. The third-order valence-electron chi connectivity index (χ3n) is 4.85. The molecule has 1 amide bonds. The van der Waals surface area contributed by atoms with Gasteiger partial charge in [-0.3, -0.25) is 9.59 Å². The van der Waals surface area contributed by atoms with E-state index in [9.17, 15) is 9.59 Å². The number of rotatable bonds is 3. The molecule has 2 fully saturated rings. The Morgan fingerprint density at radius 3 is 2.21 bits per heavy atom. The zero-order chi connectivity index (χ0) is 14.3. The van der Waals surface area contributed by atoms with E-state index >= 15 is 0 Å². The van der Waals surface area contributed by atoms with Crippen LogP contribution < -0.4 is 0 Å². The first-order valence-electron chi connectivity index (χ1n) is 7.00. The van der Waals surface area contributed by atoms with Crippen molar-refractivity contribution in [1.29, 1.82) is 0 Å². The van der Waals surface area contributed by atoms with Gasteiger partial charge in [-0.1, -0.05) is 13.8 Å². The van der Waals surface area contributed by atoms with Crippen molar-refractivity contribution in [1.82, 2.24) is 4.90 Å². The number of hydrogen-bond donors (Lipinski definition) is 1. The highest BCUT2D eigenvalue weighted by Gasteiger charge is 2.46. The molecule has 1 N–H and O–H groups in total. The second kappa shape index (κ2) is 5.12. The molecule has 108 valence electrons. The molecule has 5 nitrogen and oxygen atoms in total. The largest absolute Gasteiger partial charge is 0.481 e. The molecule has 2 aliphatic rings. The third-order valence-corrected chi connectivity index (χ3v) is 4.85. The van der Waals surface area contributed by atoms with Crippen LogP contribution in [0.3, 0.4) is 0 Å². The Morgan fingerprint density at radius 2 is 1.79 bits per heavy atom. The number of carbonyl (C=O) groups is 2. The molecule has 0 radical (unpaired) electrons. The number of aliphatic carboxylic acids is 1. The average molecular weight is 269 g/mol. The first kappa shape index (κ1) is 14.3. The van der Waals surface area contributed by atoms with Gasteiger partial charge in [-0.15, -0.1) is 0 Å². The van der Waals surface area contributed by atoms with E-state index in [1.165, 1.54) is 0 Å². The minimum Gasteiger partial charge on any atom is -0.481 e. The van der Waals surface area contributed by atoms with Crippen LogP contribution in [-0.4, -0.2) is 47.2 Å². The van der Waals surface area contributed by atoms with Crippen LogP contribution in [0.1, 0.15) is 27.7 Å². The maximum Gasteiger partial charge on any atom is 0.306 e. The molecule has 2 rings (SSSR count). The fourth-order valence-corrected chi connectivity index (χ4v) is 3.11. The maximum atomic E-state index is 12.4. The van der Waals surface area contributed by atoms with Crippen LogP contribution in [0.5, 0.6) is 0 Å². The van der Waals surface area contributed by atoms with Crippen molar-refractivity contribution in [2.45, 2.75) is 39.9 Å². The van der Waals surface area contributed by atoms with Gasteiger partial charge in [-0.05, 0) is 19.8 Å². The van der Waals surface area contributed by atoms with Gasteiger partial charge in [0.25, 0.3) is 0 Å². The lowest BCUT2D eigenvalue weighted by molar-refractivity contribution is -0.153. The summed E-state index contributed by atoms with van der Waals surface area (Å²) in [5, 5.41) is 8.95. The minimum absolute atomic E-state index is 0.0477. The van der Waals surface area contributed by atoms with Gasteiger partial charge in [0.2, 0.25) is 5.91 Å². The monoisotopic (exact) mass is 269 g/mol. The van der Waals surface area contributed by atoms with Crippen molar-refractivity contribution in [2.24, 2.45) is 23.7 Å². The fraction of sp³-hybridized carbons (Fsp3) is 0.857. The predicted octanol–water partition coefficient (Wildman–Crippen LogP) is 1.23. The summed E-state index contributed by atoms with van der Waals surface area (Å²) >= 11 is 0. The Morgan fingerprint density at radius 1 is 1.21 bits per heavy atom. The molecular weight excluding hydrogens is 246 g/mol. The molecule has 0 spiro atoms. The van der Waals surface area contributed by atoms with Crippen LogP contribution in [-0.2, 0) is 14.3 Å². The number of hydrogen-bond acceptors (Lipinski definition) is 3. The van der Waals surface area contributed by atoms with Gasteiger partial charge in [0.1, 0.15) is 0 Å². The molecule has 0 aromatic carbocycles. The lowest BCUT2D eigenvalue weighted by Crippen LogP contribution is -2.56. The zero-order valence-electron chi connectivity index (χ0n) is 12.0. The smallest absolute Gasteiger partial charge is 0.306 e. The van der Waals surface area contributed by atoms with Crippen LogP contribution in [0, 0.1) is 23.7 Å². The molecular formula is C14H23NO4. The van der Waals surface area contributed by atoms with E-state index < -0.39 is 5.97 Å². The number of likely N-dealkylation sites (tertiary alicyclic amines) is 1. The average Bonchev–Trinajstić information content (AvgIpc) is 2.50. The van der Waals surface area contributed by atoms with Gasteiger partial charge in [-0.2, -0.15) is 0 Å². The summed E-state index contributed by atoms with van der Waals surface area (Å²) in [6.45, 7) is 8.83. The van der Waals surface area contributed by atoms with Gasteiger partial charge >= 0.3 is 5.97 Å². The minimum atomic E-state index is -0.781. The lowest BCUT2D eigenvalue weighted by Gasteiger charge is -2.43. The Labute approximate surface area is 113 Å². The van der Waals surface area contributed by atoms with E-state index in [-0.39, 0.29) is 41.8 Å². The molecule has 5 unspecified atom stereocenters. The summed E-state index contributed by atoms with van der Waals surface area (Å²) < 4.78 is 5.70. The highest BCUT2D eigenvalue weighted by Crippen LogP contribution is 2.35. The highest BCUT2D eigenvalue weighted by molar-refractivity contribution is 5.81. The van der Waals surface area contributed by atoms with Gasteiger partial charge in [-0.25, -0.2) is 0 Å². The molecule has 0 saturated carbocycles. The number of amides is 1. The van der Waals surface area contributed by atoms with Crippen LogP contribution >= 0.6 is 0 Å². The van der Waals surface area contributed by atoms with Gasteiger partial charge < -0.3 is 14.7 Å². The maximum absolute atomic E-state index is 12.4. The van der Waals surface area contributed by atoms with Crippen LogP contribution in [0.25, 0.3) is 0 Å². The van der Waals surface area contributed by atoms with Gasteiger partial charge in [0.15, 0.2) is 0 Å². The predicted molar refractivity (Wildman–Crippen MR) is 69.5 cm³/mol. The second-order valence-corrected chi connectivity index (χ2v) is 6.06. The Hall–Kier alpha value is -1.10. The van der Waals surface area contributed by atoms with Crippen molar-refractivity contribution in [3.8, 4) is 0 Å². The Bertz CT molecular complexity index is 378. The van der Waals surface area contributed by atoms with Crippen molar-refractivity contribution in [3.05, 3.63) is 0 Å². The van der Waals surface area contributed by atoms with E-state index in [1.807, 2.05) is 20.8 Å². The highest BCUT2D eigenvalue weighted by atomic mass is 16.5. The summed E-state index contributed by atoms with van der Waals surface area (Å²) in [4.78, 5) is 25.1. The van der Waals surface area contributed by atoms with Crippen LogP contribution in [0.2, 0.25) is 0 Å². The van der Waals surface area contributed by atoms with Crippen LogP contribution in [0.4, 0.5) is 0 Å². The third kappa shape index (κ3) is 2.48. The van der Waals surface area contributed by atoms with Crippen LogP contribution in [0.15, 0.2) is 0 Å². The number of carbonyl (C=O) groups excluding carboxylic acids is 1. The quantitative estimate of drug-likeness (QED) is 0.836. The molecule has 0 bridgehead atoms. The SMILES string of the molecule is CC1OC(C)C(C(=O)N2CC(C(C)C(=O)O)C2)C1C. The standard InChI is InChI=1S/C14H23NO4/c1-7-9(3)19-10(4)12(7)13(16)15-5-11(6-15)8(2)14(17)18/h7-12H,5-6H2,1-4H3,(H,17,18). The fourth-order valence-electron chi connectivity index (χ4n) is 3.11. The van der Waals surface area contributed by atoms with E-state index in [2.05, 4.69) is 0 Å². The van der Waals surface area contributed by atoms with Gasteiger partial charge in [0, 0.05) is 19.0 Å². The molecule has 0 aliphatic carbocycles. The second-order valence-electron chi connectivity index (χ2n) is 6.06. The molecule has 0 aromatic rings. The van der Waals surface area contributed by atoms with Crippen molar-refractivity contribution in [3.63, 3.8) is 0 Å². The van der Waals surface area contributed by atoms with Gasteiger partial charge in [0.05, 0.1) is 24.0 Å². The number of carboxylic acids is 1. The number of carboxylic acid groups (broad SMARTS) is 1. The first-order chi connectivity index (χ1) is 8.82. The summed E-state index contributed by atoms with van der Waals surface area (Å²) in [5.74, 6) is -0.811. The molecule has 0 aromatic heterocycles. The normalized spacial score (nSPS) is 36.9. The summed E-state index contributed by atoms with van der Waals surface area (Å²) in [6, 6.07) is 0. The molecule has 19 heavy (non-hydrogen) atoms. The summed E-state index contributed by atoms with van der Waals surface area (Å²) in [6.07, 6.45) is 0.0624. The summed E-state index contributed by atoms with van der Waals surface area (Å²) in [5.41, 5.74) is 0. The molecule has 5 atom stereocenters. The summed E-state index contributed by atoms with van der Waals surface area (Å²) in [7, 11) is 0. The van der Waals surface area contributed by atoms with Crippen molar-refractivity contribution in [2.75, 3.05) is 13.1 Å².